The fourth-order valence-electron chi connectivity index (χ4n) is 4.00. The molecule has 0 unspecified atom stereocenters. The summed E-state index contributed by atoms with van der Waals surface area (Å²) in [5, 5.41) is 0. The molecule has 2 aromatic carbocycles. The molecule has 1 saturated heterocycles. The van der Waals surface area contributed by atoms with E-state index in [1.54, 1.807) is 0 Å². The van der Waals surface area contributed by atoms with Crippen LogP contribution in [-0.2, 0) is 0 Å². The summed E-state index contributed by atoms with van der Waals surface area (Å²) >= 11 is 0. The zero-order valence-electron chi connectivity index (χ0n) is 15.2. The second-order valence-electron chi connectivity index (χ2n) is 7.29. The Morgan fingerprint density at radius 3 is 2.62 bits per heavy atom. The molecule has 0 radical (unpaired) electrons. The Morgan fingerprint density at radius 1 is 1.04 bits per heavy atom. The summed E-state index contributed by atoms with van der Waals surface area (Å²) < 4.78 is 11.1. The number of ether oxygens (including phenoxy) is 2. The number of rotatable bonds is 5. The number of ketones is 1. The minimum absolute atomic E-state index is 0.165. The van der Waals surface area contributed by atoms with Crippen LogP contribution in [0.5, 0.6) is 11.5 Å². The van der Waals surface area contributed by atoms with E-state index in [9.17, 15) is 4.79 Å². The molecular weight excluding hydrogens is 326 g/mol. The predicted molar refractivity (Wildman–Crippen MR) is 101 cm³/mol. The molecule has 26 heavy (non-hydrogen) atoms. The zero-order chi connectivity index (χ0) is 17.9. The van der Waals surface area contributed by atoms with Crippen molar-refractivity contribution >= 4 is 5.78 Å². The molecule has 1 fully saturated rings. The van der Waals surface area contributed by atoms with Gasteiger partial charge in [-0.1, -0.05) is 37.3 Å². The molecule has 0 N–H and O–H groups in total. The van der Waals surface area contributed by atoms with Crippen LogP contribution in [0.1, 0.15) is 35.2 Å². The maximum Gasteiger partial charge on any atom is 0.164 e. The number of hydrogen-bond acceptors (Lipinski definition) is 4. The zero-order valence-corrected chi connectivity index (χ0v) is 15.2. The van der Waals surface area contributed by atoms with Crippen LogP contribution in [-0.4, -0.2) is 43.5 Å². The molecule has 0 aliphatic carbocycles. The summed E-state index contributed by atoms with van der Waals surface area (Å²) in [5.41, 5.74) is 2.11. The highest BCUT2D eigenvalue weighted by Gasteiger charge is 2.30. The largest absolute Gasteiger partial charge is 0.486 e. The molecule has 4 heteroatoms. The molecule has 0 aromatic heterocycles. The topological polar surface area (TPSA) is 38.8 Å². The number of fused-ring (bicyclic) bond motifs is 1. The summed E-state index contributed by atoms with van der Waals surface area (Å²) in [7, 11) is 0. The lowest BCUT2D eigenvalue weighted by Gasteiger charge is -2.19. The van der Waals surface area contributed by atoms with Gasteiger partial charge in [-0.2, -0.15) is 0 Å². The standard InChI is InChI=1S/C22H25NO3/c1-16-14-23(15-19(16)17-5-3-2-4-6-17)10-9-20(24)18-7-8-21-22(13-18)26-12-11-25-21/h2-8,13,16,19H,9-12,14-15H2,1H3/t16-,19-/m0/s1. The number of Topliss-reactive ketones (excluding diaryl/α,β-unsaturated/α-hetero) is 1. The Balaban J connectivity index is 1.35. The highest BCUT2D eigenvalue weighted by molar-refractivity contribution is 5.96. The molecule has 0 amide bonds. The van der Waals surface area contributed by atoms with Crippen molar-refractivity contribution in [3.05, 3.63) is 59.7 Å². The molecule has 0 saturated carbocycles. The van der Waals surface area contributed by atoms with Gasteiger partial charge in [-0.3, -0.25) is 4.79 Å². The number of carbonyl (C=O) groups is 1. The fraction of sp³-hybridized carbons (Fsp3) is 0.409. The van der Waals surface area contributed by atoms with Crippen molar-refractivity contribution in [2.24, 2.45) is 5.92 Å². The van der Waals surface area contributed by atoms with Crippen molar-refractivity contribution in [3.63, 3.8) is 0 Å². The van der Waals surface area contributed by atoms with Crippen molar-refractivity contribution in [2.45, 2.75) is 19.3 Å². The third-order valence-corrected chi connectivity index (χ3v) is 5.43. The molecule has 2 aliphatic rings. The fourth-order valence-corrected chi connectivity index (χ4v) is 4.00. The Labute approximate surface area is 154 Å². The Morgan fingerprint density at radius 2 is 1.81 bits per heavy atom. The van der Waals surface area contributed by atoms with Crippen molar-refractivity contribution in [1.29, 1.82) is 0 Å². The summed E-state index contributed by atoms with van der Waals surface area (Å²) in [5.74, 6) is 2.74. The second-order valence-corrected chi connectivity index (χ2v) is 7.29. The summed E-state index contributed by atoms with van der Waals surface area (Å²) in [6, 6.07) is 16.2. The van der Waals surface area contributed by atoms with E-state index in [2.05, 4.69) is 42.2 Å². The molecule has 136 valence electrons. The van der Waals surface area contributed by atoms with Crippen molar-refractivity contribution < 1.29 is 14.3 Å². The molecule has 0 spiro atoms. The summed E-state index contributed by atoms with van der Waals surface area (Å²) in [6.45, 7) is 6.29. The van der Waals surface area contributed by atoms with Gasteiger partial charge in [0, 0.05) is 37.5 Å². The average Bonchev–Trinajstić information content (AvgIpc) is 3.07. The SMILES string of the molecule is C[C@H]1CN(CCC(=O)c2ccc3c(c2)OCCO3)C[C@@H]1c1ccccc1. The molecule has 0 bridgehead atoms. The van der Waals surface area contributed by atoms with E-state index < -0.39 is 0 Å². The number of benzene rings is 2. The van der Waals surface area contributed by atoms with Crippen LogP contribution in [0.15, 0.2) is 48.5 Å². The Kier molecular flexibility index (Phi) is 4.93. The smallest absolute Gasteiger partial charge is 0.164 e. The van der Waals surface area contributed by atoms with E-state index >= 15 is 0 Å². The van der Waals surface area contributed by atoms with E-state index in [1.807, 2.05) is 18.2 Å². The normalized spacial score (nSPS) is 22.3. The van der Waals surface area contributed by atoms with Crippen LogP contribution < -0.4 is 9.47 Å². The van der Waals surface area contributed by atoms with E-state index in [4.69, 9.17) is 9.47 Å². The van der Waals surface area contributed by atoms with Gasteiger partial charge in [0.15, 0.2) is 17.3 Å². The van der Waals surface area contributed by atoms with Crippen molar-refractivity contribution in [2.75, 3.05) is 32.8 Å². The highest BCUT2D eigenvalue weighted by Crippen LogP contribution is 2.33. The lowest BCUT2D eigenvalue weighted by atomic mass is 9.90. The number of nitrogens with zero attached hydrogens (tertiary/aromatic N) is 1. The lowest BCUT2D eigenvalue weighted by Crippen LogP contribution is -2.24. The summed E-state index contributed by atoms with van der Waals surface area (Å²) in [6.07, 6.45) is 0.536. The molecule has 2 aromatic rings. The van der Waals surface area contributed by atoms with Gasteiger partial charge >= 0.3 is 0 Å². The minimum atomic E-state index is 0.165. The molecule has 2 heterocycles. The minimum Gasteiger partial charge on any atom is -0.486 e. The van der Waals surface area contributed by atoms with E-state index in [0.717, 1.165) is 25.4 Å². The first kappa shape index (κ1) is 17.1. The van der Waals surface area contributed by atoms with Crippen LogP contribution >= 0.6 is 0 Å². The first-order valence-corrected chi connectivity index (χ1v) is 9.41. The first-order valence-electron chi connectivity index (χ1n) is 9.41. The summed E-state index contributed by atoms with van der Waals surface area (Å²) in [4.78, 5) is 15.0. The van der Waals surface area contributed by atoms with Gasteiger partial charge < -0.3 is 14.4 Å². The average molecular weight is 351 g/mol. The van der Waals surface area contributed by atoms with Gasteiger partial charge in [0.1, 0.15) is 13.2 Å². The molecule has 2 aliphatic heterocycles. The van der Waals surface area contributed by atoms with Crippen LogP contribution in [0.2, 0.25) is 0 Å². The predicted octanol–water partition coefficient (Wildman–Crippen LogP) is 3.77. The van der Waals surface area contributed by atoms with Gasteiger partial charge in [-0.05, 0) is 29.7 Å². The second kappa shape index (κ2) is 7.50. The monoisotopic (exact) mass is 351 g/mol. The molecule has 2 atom stereocenters. The van der Waals surface area contributed by atoms with Gasteiger partial charge in [0.25, 0.3) is 0 Å². The molecule has 4 rings (SSSR count). The quantitative estimate of drug-likeness (QED) is 0.769. The van der Waals surface area contributed by atoms with Crippen LogP contribution in [0.4, 0.5) is 0 Å². The van der Waals surface area contributed by atoms with E-state index in [0.29, 0.717) is 42.8 Å². The first-order chi connectivity index (χ1) is 12.7. The lowest BCUT2D eigenvalue weighted by molar-refractivity contribution is 0.0967. The van der Waals surface area contributed by atoms with Crippen LogP contribution in [0.3, 0.4) is 0 Å². The Bertz CT molecular complexity index is 774. The van der Waals surface area contributed by atoms with Crippen molar-refractivity contribution in [3.8, 4) is 11.5 Å². The van der Waals surface area contributed by atoms with E-state index in [-0.39, 0.29) is 5.78 Å². The van der Waals surface area contributed by atoms with Crippen molar-refractivity contribution in [1.82, 2.24) is 4.90 Å². The van der Waals surface area contributed by atoms with Crippen LogP contribution in [0, 0.1) is 5.92 Å². The maximum absolute atomic E-state index is 12.6. The third-order valence-electron chi connectivity index (χ3n) is 5.43. The number of carbonyl (C=O) groups excluding carboxylic acids is 1. The van der Waals surface area contributed by atoms with Gasteiger partial charge in [0.05, 0.1) is 0 Å². The highest BCUT2D eigenvalue weighted by atomic mass is 16.6. The van der Waals surface area contributed by atoms with Gasteiger partial charge in [-0.25, -0.2) is 0 Å². The maximum atomic E-state index is 12.6. The van der Waals surface area contributed by atoms with Gasteiger partial charge in [0.2, 0.25) is 0 Å². The van der Waals surface area contributed by atoms with Crippen LogP contribution in [0.25, 0.3) is 0 Å². The molecule has 4 nitrogen and oxygen atoms in total. The number of hydrogen-bond donors (Lipinski definition) is 0. The molecular formula is C22H25NO3. The third kappa shape index (κ3) is 3.61. The Hall–Kier alpha value is -2.33. The van der Waals surface area contributed by atoms with Gasteiger partial charge in [-0.15, -0.1) is 0 Å². The van der Waals surface area contributed by atoms with E-state index in [1.165, 1.54) is 5.56 Å². The number of likely N-dealkylation sites (tertiary alicyclic amines) is 1.